The lowest BCUT2D eigenvalue weighted by Crippen LogP contribution is -2.34. The fourth-order valence-corrected chi connectivity index (χ4v) is 10.1. The maximum Gasteiger partial charge on any atom is 0.397 e. The summed E-state index contributed by atoms with van der Waals surface area (Å²) in [4.78, 5) is 17.2. The monoisotopic (exact) mass is 1190 g/mol. The number of nitrogens with two attached hydrogens (primary N) is 2. The Morgan fingerprint density at radius 2 is 1.11 bits per heavy atom. The van der Waals surface area contributed by atoms with E-state index in [2.05, 4.69) is 57.8 Å². The zero-order chi connectivity index (χ0) is 55.0. The molecule has 0 aliphatic rings. The highest BCUT2D eigenvalue weighted by Crippen LogP contribution is 2.50. The van der Waals surface area contributed by atoms with Gasteiger partial charge < -0.3 is 21.7 Å². The Balaban J connectivity index is 1.57. The van der Waals surface area contributed by atoms with Crippen LogP contribution in [0.25, 0.3) is 0 Å². The first-order valence-electron chi connectivity index (χ1n) is 19.7. The molecule has 5 rings (SSSR count). The van der Waals surface area contributed by atoms with E-state index in [-0.39, 0.29) is 63.3 Å². The smallest absolute Gasteiger partial charge is 0.397 e. The van der Waals surface area contributed by atoms with E-state index in [1.807, 2.05) is 0 Å². The summed E-state index contributed by atoms with van der Waals surface area (Å²) in [6.07, 6.45) is 3.20. The molecule has 0 atom stereocenters. The van der Waals surface area contributed by atoms with Gasteiger partial charge in [-0.05, 0) is 66.7 Å². The van der Waals surface area contributed by atoms with Crippen molar-refractivity contribution in [1.29, 1.82) is 0 Å². The number of nitrogens with zero attached hydrogens (tertiary/aromatic N) is 7. The van der Waals surface area contributed by atoms with E-state index < -0.39 is 115 Å². The third kappa shape index (κ3) is 18.4. The van der Waals surface area contributed by atoms with E-state index in [0.717, 1.165) is 48.4 Å². The van der Waals surface area contributed by atoms with Crippen molar-refractivity contribution in [3.8, 4) is 5.75 Å². The molecule has 0 saturated heterocycles. The number of hydrogen-bond acceptors (Lipinski definition) is 31. The topological polar surface area (TPSA) is 479 Å². The lowest BCUT2D eigenvalue weighted by atomic mass is 10.1. The molecule has 10 N–H and O–H groups in total. The number of carboxylic acid groups (broad SMARTS) is 1. The number of aromatic hydroxyl groups is 1. The van der Waals surface area contributed by atoms with Crippen molar-refractivity contribution in [2.75, 3.05) is 42.8 Å². The minimum absolute atomic E-state index is 0.0596. The Bertz CT molecular complexity index is 3410. The van der Waals surface area contributed by atoms with Crippen molar-refractivity contribution in [2.24, 2.45) is 30.7 Å². The molecule has 0 fully saturated rings. The Kier molecular flexibility index (Phi) is 21.8. The molecule has 0 aliphatic carbocycles. The number of benzene rings is 4. The van der Waals surface area contributed by atoms with Crippen molar-refractivity contribution < 1.29 is 109 Å². The number of nitrogen functional groups attached to an aromatic ring is 2. The van der Waals surface area contributed by atoms with Gasteiger partial charge in [-0.25, -0.2) is 45.4 Å². The van der Waals surface area contributed by atoms with Crippen LogP contribution in [0.5, 0.6) is 5.75 Å². The summed E-state index contributed by atoms with van der Waals surface area (Å²) < 4.78 is 137. The fraction of sp³-hybridized carbons (Fsp3) is 0.167. The van der Waals surface area contributed by atoms with E-state index in [4.69, 9.17) is 40.3 Å². The number of sulfone groups is 2. The van der Waals surface area contributed by atoms with Crippen LogP contribution in [-0.2, 0) is 83.3 Å². The van der Waals surface area contributed by atoms with E-state index in [1.165, 1.54) is 36.5 Å². The Hall–Kier alpha value is -5.93. The van der Waals surface area contributed by atoms with E-state index in [9.17, 15) is 48.7 Å². The van der Waals surface area contributed by atoms with Crippen LogP contribution in [0.3, 0.4) is 0 Å². The van der Waals surface area contributed by atoms with Gasteiger partial charge in [0.05, 0.1) is 97.5 Å². The minimum Gasteiger partial charge on any atom is -0.503 e. The fourth-order valence-electron chi connectivity index (χ4n) is 5.55. The third-order valence-corrected chi connectivity index (χ3v) is 15.0. The average Bonchev–Trinajstić information content (AvgIpc) is 3.33. The molecule has 1 heterocycles. The predicted molar refractivity (Wildman–Crippen MR) is 256 cm³/mol. The van der Waals surface area contributed by atoms with Gasteiger partial charge in [0.25, 0.3) is 0 Å². The van der Waals surface area contributed by atoms with E-state index in [1.54, 1.807) is 16.8 Å². The van der Waals surface area contributed by atoms with Gasteiger partial charge in [-0.1, -0.05) is 10.1 Å². The van der Waals surface area contributed by atoms with Crippen LogP contribution in [0.15, 0.2) is 140 Å². The lowest BCUT2D eigenvalue weighted by molar-refractivity contribution is -0.701. The number of aromatic nitrogens is 1. The highest BCUT2D eigenvalue weighted by Gasteiger charge is 2.28. The summed E-state index contributed by atoms with van der Waals surface area (Å²) in [7, 11) is -18.7. The van der Waals surface area contributed by atoms with Gasteiger partial charge in [0.1, 0.15) is 40.6 Å². The summed E-state index contributed by atoms with van der Waals surface area (Å²) in [6, 6.07) is 14.9. The van der Waals surface area contributed by atoms with Gasteiger partial charge in [-0.2, -0.15) is 30.9 Å². The maximum atomic E-state index is 13.1. The molecule has 404 valence electrons. The number of hydrogen-bond donors (Lipinski definition) is 8. The zero-order valence-corrected chi connectivity index (χ0v) is 42.8. The third-order valence-electron chi connectivity index (χ3n) is 8.84. The number of aromatic carboxylic acids is 1. The van der Waals surface area contributed by atoms with Crippen LogP contribution >= 0.6 is 36.1 Å². The van der Waals surface area contributed by atoms with Crippen molar-refractivity contribution in [3.05, 3.63) is 90.8 Å². The molecule has 1 aromatic heterocycles. The summed E-state index contributed by atoms with van der Waals surface area (Å²) >= 11 is 1.19. The zero-order valence-electron chi connectivity index (χ0n) is 37.1. The van der Waals surface area contributed by atoms with Gasteiger partial charge >= 0.3 is 26.8 Å². The molecular formula is C36H36N9O23S7+. The number of carbonyl (C=O) groups is 1. The summed E-state index contributed by atoms with van der Waals surface area (Å²) in [5.41, 5.74) is 8.39. The first-order valence-corrected chi connectivity index (χ1v) is 27.9. The molecular weight excluding hydrogens is 1150 g/mol. The Labute approximate surface area is 435 Å². The number of pyridine rings is 1. The van der Waals surface area contributed by atoms with Crippen molar-refractivity contribution >= 4 is 128 Å². The Morgan fingerprint density at radius 3 is 1.57 bits per heavy atom. The molecule has 0 spiro atoms. The summed E-state index contributed by atoms with van der Waals surface area (Å²) in [6.45, 7) is -1.52. The minimum atomic E-state index is -5.00. The van der Waals surface area contributed by atoms with Gasteiger partial charge in [0, 0.05) is 11.0 Å². The molecule has 4 aromatic carbocycles. The van der Waals surface area contributed by atoms with Gasteiger partial charge in [-0.3, -0.25) is 9.11 Å². The first-order chi connectivity index (χ1) is 35.4. The van der Waals surface area contributed by atoms with Gasteiger partial charge in [-0.15, -0.1) is 34.2 Å². The van der Waals surface area contributed by atoms with Crippen molar-refractivity contribution in [3.63, 3.8) is 0 Å². The van der Waals surface area contributed by atoms with E-state index in [0.29, 0.717) is 11.4 Å². The molecule has 0 amide bonds. The van der Waals surface area contributed by atoms with Gasteiger partial charge in [0.2, 0.25) is 6.20 Å². The molecule has 0 unspecified atom stereocenters. The second kappa shape index (κ2) is 27.2. The second-order valence-corrected chi connectivity index (χ2v) is 22.4. The predicted octanol–water partition coefficient (Wildman–Crippen LogP) is 6.49. The number of anilines is 2. The molecule has 5 aromatic rings. The number of carboxylic acids is 1. The number of azo groups is 3. The van der Waals surface area contributed by atoms with Crippen LogP contribution < -0.4 is 16.0 Å². The largest absolute Gasteiger partial charge is 0.503 e. The number of rotatable bonds is 29. The van der Waals surface area contributed by atoms with Crippen LogP contribution in [0.4, 0.5) is 45.5 Å². The summed E-state index contributed by atoms with van der Waals surface area (Å²) in [5.74, 6) is -3.64. The molecule has 32 nitrogen and oxygen atoms in total. The first kappa shape index (κ1) is 59.9. The van der Waals surface area contributed by atoms with Crippen molar-refractivity contribution in [1.82, 2.24) is 0 Å². The van der Waals surface area contributed by atoms with Crippen LogP contribution in [-0.4, -0.2) is 101 Å². The normalized spacial score (nSPS) is 12.6. The lowest BCUT2D eigenvalue weighted by Gasteiger charge is -2.14. The standard InChI is InChI=1S/C36H35N9O23S7/c37-31-33(42-39-21-3-5-23(6-4-21)69-66-61-13-12-45-11-1-2-22(46)20-45)30(36(47)48)34(43-40-26-9-7-24(18-28(26)70-67-64-49)72(51,52)16-14-62-74(55,56)57)32(38)35(31)44-41-27-10-8-25(19-29(27)71-68-65-50)73(53,54)17-15-63-75(58,59)60/h1-11,18-20H,12-17H2,(H9-,37,38,39,40,41,46,47,48,49,50,55,56,57,58,59,60)/p+1. The average molecular weight is 1190 g/mol. The highest BCUT2D eigenvalue weighted by molar-refractivity contribution is 7.95. The molecule has 0 saturated carbocycles. The van der Waals surface area contributed by atoms with Crippen LogP contribution in [0.1, 0.15) is 10.4 Å². The second-order valence-electron chi connectivity index (χ2n) is 13.8. The highest BCUT2D eigenvalue weighted by atomic mass is 32.3. The molecule has 0 bridgehead atoms. The van der Waals surface area contributed by atoms with Gasteiger partial charge in [0.15, 0.2) is 38.2 Å². The molecule has 0 aliphatic heterocycles. The van der Waals surface area contributed by atoms with Crippen LogP contribution in [0, 0.1) is 0 Å². The van der Waals surface area contributed by atoms with Crippen molar-refractivity contribution in [2.45, 2.75) is 31.0 Å². The molecule has 39 heteroatoms. The molecule has 75 heavy (non-hydrogen) atoms. The van der Waals surface area contributed by atoms with E-state index >= 15 is 0 Å². The summed E-state index contributed by atoms with van der Waals surface area (Å²) in [5, 5.41) is 69.4. The SMILES string of the molecule is Nc1c(N=Nc2ccc(S(=O)(=O)CCOS(=O)(=O)O)cc2SOOO)c(N)c(N=Nc2ccc(S(=O)(=O)CCOS(=O)(=O)O)cc2SOOO)c(C(=O)O)c1N=Nc1ccc(SOOCC[n+]2cccc(O)c2)cc1. The maximum absolute atomic E-state index is 13.1. The molecule has 0 radical (unpaired) electrons. The Morgan fingerprint density at radius 1 is 0.613 bits per heavy atom. The quantitative estimate of drug-likeness (QED) is 0.00371. The van der Waals surface area contributed by atoms with Crippen LogP contribution in [0.2, 0.25) is 0 Å².